The maximum atomic E-state index is 11.9. The fourth-order valence-corrected chi connectivity index (χ4v) is 4.94. The van der Waals surface area contributed by atoms with E-state index in [1.165, 1.54) is 17.8 Å². The minimum absolute atomic E-state index is 0.0479. The Morgan fingerprint density at radius 1 is 1.02 bits per heavy atom. The highest BCUT2D eigenvalue weighted by atomic mass is 32.2. The number of aromatic hydroxyl groups is 1. The summed E-state index contributed by atoms with van der Waals surface area (Å²) in [5, 5.41) is 34.9. The van der Waals surface area contributed by atoms with Gasteiger partial charge in [-0.15, -0.1) is 10.2 Å². The molecule has 0 amide bonds. The summed E-state index contributed by atoms with van der Waals surface area (Å²) in [6, 6.07) is 21.0. The van der Waals surface area contributed by atoms with Crippen molar-refractivity contribution in [1.82, 2.24) is 14.9 Å². The normalized spacial score (nSPS) is 12.2. The SMILES string of the molecule is Cc1cc(O)cc(C)c1/C=N/n1c(COc2ccccc2)nnc1SCC(O)COc1cc(=O)oc2ccccc12. The van der Waals surface area contributed by atoms with Crippen LogP contribution >= 0.6 is 11.8 Å². The van der Waals surface area contributed by atoms with Gasteiger partial charge in [0.1, 0.15) is 36.0 Å². The Hall–Kier alpha value is -4.61. The third-order valence-electron chi connectivity index (χ3n) is 6.12. The zero-order valence-electron chi connectivity index (χ0n) is 22.4. The van der Waals surface area contributed by atoms with Crippen molar-refractivity contribution in [3.05, 3.63) is 106 Å². The molecule has 0 bridgehead atoms. The molecular formula is C30H28N4O6S. The highest BCUT2D eigenvalue weighted by Crippen LogP contribution is 2.25. The summed E-state index contributed by atoms with van der Waals surface area (Å²) in [6.45, 7) is 3.86. The number of phenols is 1. The minimum Gasteiger partial charge on any atom is -0.508 e. The second-order valence-corrected chi connectivity index (χ2v) is 10.2. The maximum absolute atomic E-state index is 11.9. The molecule has 0 spiro atoms. The predicted octanol–water partition coefficient (Wildman–Crippen LogP) is 4.70. The van der Waals surface area contributed by atoms with E-state index in [2.05, 4.69) is 15.3 Å². The van der Waals surface area contributed by atoms with Crippen LogP contribution in [0.15, 0.2) is 92.3 Å². The van der Waals surface area contributed by atoms with E-state index in [1.54, 1.807) is 41.2 Å². The largest absolute Gasteiger partial charge is 0.508 e. The predicted molar refractivity (Wildman–Crippen MR) is 156 cm³/mol. The summed E-state index contributed by atoms with van der Waals surface area (Å²) in [5.74, 6) is 1.91. The summed E-state index contributed by atoms with van der Waals surface area (Å²) in [5.41, 5.74) is 2.47. The number of aliphatic hydroxyl groups excluding tert-OH is 1. The van der Waals surface area contributed by atoms with Gasteiger partial charge < -0.3 is 24.1 Å². The average molecular weight is 573 g/mol. The zero-order chi connectivity index (χ0) is 28.8. The van der Waals surface area contributed by atoms with E-state index in [-0.39, 0.29) is 24.7 Å². The Labute approximate surface area is 239 Å². The zero-order valence-corrected chi connectivity index (χ0v) is 23.2. The molecule has 0 fully saturated rings. The van der Waals surface area contributed by atoms with Crippen molar-refractivity contribution in [3.8, 4) is 17.2 Å². The molecule has 2 N–H and O–H groups in total. The van der Waals surface area contributed by atoms with Crippen LogP contribution in [0.1, 0.15) is 22.5 Å². The lowest BCUT2D eigenvalue weighted by Crippen LogP contribution is -2.21. The van der Waals surface area contributed by atoms with Gasteiger partial charge >= 0.3 is 5.63 Å². The number of rotatable bonds is 11. The van der Waals surface area contributed by atoms with Crippen molar-refractivity contribution in [2.45, 2.75) is 31.7 Å². The number of benzene rings is 3. The Kier molecular flexibility index (Phi) is 8.66. The van der Waals surface area contributed by atoms with E-state index < -0.39 is 11.7 Å². The van der Waals surface area contributed by atoms with Crippen molar-refractivity contribution in [3.63, 3.8) is 0 Å². The minimum atomic E-state index is -0.884. The van der Waals surface area contributed by atoms with Gasteiger partial charge in [0.05, 0.1) is 23.8 Å². The molecule has 210 valence electrons. The number of phenolic OH excluding ortho intramolecular Hbond substituents is 1. The van der Waals surface area contributed by atoms with Crippen LogP contribution in [0, 0.1) is 13.8 Å². The van der Waals surface area contributed by atoms with Crippen molar-refractivity contribution in [1.29, 1.82) is 0 Å². The Bertz CT molecular complexity index is 1710. The number of para-hydroxylation sites is 2. The van der Waals surface area contributed by atoms with Crippen molar-refractivity contribution in [2.24, 2.45) is 5.10 Å². The van der Waals surface area contributed by atoms with Gasteiger partial charge in [0.2, 0.25) is 5.16 Å². The topological polar surface area (TPSA) is 132 Å². The third-order valence-corrected chi connectivity index (χ3v) is 7.18. The molecule has 2 heterocycles. The van der Waals surface area contributed by atoms with E-state index in [0.29, 0.717) is 33.4 Å². The van der Waals surface area contributed by atoms with Crippen molar-refractivity contribution in [2.75, 3.05) is 12.4 Å². The van der Waals surface area contributed by atoms with Crippen molar-refractivity contribution >= 4 is 28.9 Å². The molecule has 0 radical (unpaired) electrons. The molecule has 10 nitrogen and oxygen atoms in total. The summed E-state index contributed by atoms with van der Waals surface area (Å²) in [6.07, 6.45) is 0.806. The van der Waals surface area contributed by atoms with Crippen LogP contribution in [0.5, 0.6) is 17.2 Å². The van der Waals surface area contributed by atoms with Gasteiger partial charge in [-0.25, -0.2) is 4.79 Å². The van der Waals surface area contributed by atoms with E-state index in [0.717, 1.165) is 16.7 Å². The number of fused-ring (bicyclic) bond motifs is 1. The van der Waals surface area contributed by atoms with Crippen LogP contribution in [-0.4, -0.2) is 49.8 Å². The molecule has 1 atom stereocenters. The monoisotopic (exact) mass is 572 g/mol. The smallest absolute Gasteiger partial charge is 0.339 e. The number of ether oxygens (including phenoxy) is 2. The third kappa shape index (κ3) is 6.94. The molecule has 1 unspecified atom stereocenters. The second kappa shape index (κ2) is 12.7. The average Bonchev–Trinajstić information content (AvgIpc) is 3.35. The molecule has 0 aliphatic carbocycles. The summed E-state index contributed by atoms with van der Waals surface area (Å²) < 4.78 is 18.4. The van der Waals surface area contributed by atoms with Crippen LogP contribution in [-0.2, 0) is 6.61 Å². The molecule has 3 aromatic carbocycles. The first-order valence-electron chi connectivity index (χ1n) is 12.8. The van der Waals surface area contributed by atoms with E-state index in [9.17, 15) is 15.0 Å². The summed E-state index contributed by atoms with van der Waals surface area (Å²) in [7, 11) is 0. The molecule has 0 aliphatic rings. The Balaban J connectivity index is 1.31. The molecule has 2 aromatic heterocycles. The van der Waals surface area contributed by atoms with Crippen molar-refractivity contribution < 1.29 is 24.1 Å². The quantitative estimate of drug-likeness (QED) is 0.131. The number of hydrogen-bond donors (Lipinski definition) is 2. The fourth-order valence-electron chi connectivity index (χ4n) is 4.13. The highest BCUT2D eigenvalue weighted by molar-refractivity contribution is 7.99. The first-order valence-corrected chi connectivity index (χ1v) is 13.8. The molecule has 5 rings (SSSR count). The second-order valence-electron chi connectivity index (χ2n) is 9.25. The Morgan fingerprint density at radius 3 is 2.54 bits per heavy atom. The number of hydrogen-bond acceptors (Lipinski definition) is 10. The molecule has 0 saturated heterocycles. The molecular weight excluding hydrogens is 544 g/mol. The molecule has 0 aliphatic heterocycles. The van der Waals surface area contributed by atoms with Gasteiger partial charge in [-0.05, 0) is 61.4 Å². The number of aromatic nitrogens is 3. The highest BCUT2D eigenvalue weighted by Gasteiger charge is 2.17. The van der Waals surface area contributed by atoms with Crippen LogP contribution in [0.3, 0.4) is 0 Å². The Morgan fingerprint density at radius 2 is 1.76 bits per heavy atom. The molecule has 0 saturated carbocycles. The van der Waals surface area contributed by atoms with Gasteiger partial charge in [0.15, 0.2) is 5.82 Å². The number of thioether (sulfide) groups is 1. The van der Waals surface area contributed by atoms with Crippen LogP contribution < -0.4 is 15.1 Å². The fraction of sp³-hybridized carbons (Fsp3) is 0.200. The number of aryl methyl sites for hydroxylation is 2. The molecule has 41 heavy (non-hydrogen) atoms. The molecule has 5 aromatic rings. The lowest BCUT2D eigenvalue weighted by Gasteiger charge is -2.13. The first kappa shape index (κ1) is 27.9. The van der Waals surface area contributed by atoms with Crippen LogP contribution in [0.4, 0.5) is 0 Å². The lowest BCUT2D eigenvalue weighted by atomic mass is 10.0. The van der Waals surface area contributed by atoms with Gasteiger partial charge in [0, 0.05) is 11.3 Å². The van der Waals surface area contributed by atoms with Gasteiger partial charge in [0.25, 0.3) is 0 Å². The summed E-state index contributed by atoms with van der Waals surface area (Å²) in [4.78, 5) is 11.9. The van der Waals surface area contributed by atoms with Gasteiger partial charge in [-0.3, -0.25) is 0 Å². The first-order chi connectivity index (χ1) is 19.9. The molecule has 11 heteroatoms. The van der Waals surface area contributed by atoms with E-state index in [1.807, 2.05) is 50.2 Å². The van der Waals surface area contributed by atoms with Crippen LogP contribution in [0.2, 0.25) is 0 Å². The number of aliphatic hydroxyl groups is 1. The van der Waals surface area contributed by atoms with Gasteiger partial charge in [-0.1, -0.05) is 42.1 Å². The summed E-state index contributed by atoms with van der Waals surface area (Å²) >= 11 is 1.26. The lowest BCUT2D eigenvalue weighted by molar-refractivity contribution is 0.127. The van der Waals surface area contributed by atoms with Gasteiger partial charge in [-0.2, -0.15) is 9.78 Å². The van der Waals surface area contributed by atoms with E-state index >= 15 is 0 Å². The van der Waals surface area contributed by atoms with Crippen LogP contribution in [0.25, 0.3) is 11.0 Å². The number of nitrogens with zero attached hydrogens (tertiary/aromatic N) is 4. The standard InChI is InChI=1S/C30H28N4O6S/c1-19-12-21(35)13-20(2)25(19)15-31-34-28(17-38-23-8-4-3-5-9-23)32-33-30(34)41-18-22(36)16-39-27-14-29(37)40-26-11-7-6-10-24(26)27/h3-15,22,35-36H,16-18H2,1-2H3/b31-15+. The maximum Gasteiger partial charge on any atom is 0.339 e. The van der Waals surface area contributed by atoms with E-state index in [4.69, 9.17) is 13.9 Å².